The first-order chi connectivity index (χ1) is 13.5. The highest BCUT2D eigenvalue weighted by atomic mass is 16.5. The molecule has 0 spiro atoms. The molecule has 0 unspecified atom stereocenters. The standard InChI is InChI=1S/C21H25N3O4/c1-4-14-7-5-6-8-17(14)23-21(26)22-15-11-20(25)24(13-15)16-9-10-18(27-2)19(12-16)28-3/h5-10,12,15H,4,11,13H2,1-3H3,(H2,22,23,26)/t15-/m1/s1. The third-order valence-electron chi connectivity index (χ3n) is 4.79. The lowest BCUT2D eigenvalue weighted by atomic mass is 10.1. The Bertz CT molecular complexity index is 868. The molecule has 7 nitrogen and oxygen atoms in total. The number of hydrogen-bond acceptors (Lipinski definition) is 4. The second-order valence-corrected chi connectivity index (χ2v) is 6.55. The maximum atomic E-state index is 12.5. The zero-order chi connectivity index (χ0) is 20.1. The van der Waals surface area contributed by atoms with E-state index in [9.17, 15) is 9.59 Å². The molecule has 1 saturated heterocycles. The van der Waals surface area contributed by atoms with E-state index in [1.54, 1.807) is 37.3 Å². The molecule has 0 aliphatic carbocycles. The largest absolute Gasteiger partial charge is 0.493 e. The van der Waals surface area contributed by atoms with E-state index in [1.807, 2.05) is 31.2 Å². The molecule has 2 aromatic rings. The molecule has 1 aliphatic heterocycles. The Kier molecular flexibility index (Phi) is 6.03. The van der Waals surface area contributed by atoms with Crippen LogP contribution in [-0.2, 0) is 11.2 Å². The number of carbonyl (C=O) groups is 2. The van der Waals surface area contributed by atoms with E-state index < -0.39 is 0 Å². The van der Waals surface area contributed by atoms with E-state index in [4.69, 9.17) is 9.47 Å². The maximum absolute atomic E-state index is 12.5. The molecule has 3 rings (SSSR count). The lowest BCUT2D eigenvalue weighted by molar-refractivity contribution is -0.117. The first-order valence-electron chi connectivity index (χ1n) is 9.23. The van der Waals surface area contributed by atoms with E-state index in [0.717, 1.165) is 17.7 Å². The van der Waals surface area contributed by atoms with Gasteiger partial charge in [-0.2, -0.15) is 0 Å². The molecule has 0 saturated carbocycles. The van der Waals surface area contributed by atoms with Crippen molar-refractivity contribution in [2.45, 2.75) is 25.8 Å². The van der Waals surface area contributed by atoms with Gasteiger partial charge in [-0.05, 0) is 30.2 Å². The number of amides is 3. The van der Waals surface area contributed by atoms with Crippen molar-refractivity contribution in [3.8, 4) is 11.5 Å². The Labute approximate surface area is 164 Å². The van der Waals surface area contributed by atoms with Gasteiger partial charge >= 0.3 is 6.03 Å². The summed E-state index contributed by atoms with van der Waals surface area (Å²) in [7, 11) is 3.12. The van der Waals surface area contributed by atoms with Crippen LogP contribution >= 0.6 is 0 Å². The molecule has 7 heteroatoms. The maximum Gasteiger partial charge on any atom is 0.319 e. The van der Waals surface area contributed by atoms with E-state index in [-0.39, 0.29) is 24.4 Å². The van der Waals surface area contributed by atoms with Crippen LogP contribution in [0, 0.1) is 0 Å². The summed E-state index contributed by atoms with van der Waals surface area (Å²) in [6.45, 7) is 2.44. The number of urea groups is 1. The van der Waals surface area contributed by atoms with Crippen LogP contribution in [-0.4, -0.2) is 38.7 Å². The first kappa shape index (κ1) is 19.5. The number of methoxy groups -OCH3 is 2. The minimum Gasteiger partial charge on any atom is -0.493 e. The van der Waals surface area contributed by atoms with Crippen LogP contribution in [0.25, 0.3) is 0 Å². The fourth-order valence-electron chi connectivity index (χ4n) is 3.34. The van der Waals surface area contributed by atoms with Crippen LogP contribution in [0.4, 0.5) is 16.2 Å². The third kappa shape index (κ3) is 4.19. The number of carbonyl (C=O) groups excluding carboxylic acids is 2. The van der Waals surface area contributed by atoms with E-state index in [0.29, 0.717) is 23.7 Å². The van der Waals surface area contributed by atoms with Crippen molar-refractivity contribution in [2.24, 2.45) is 0 Å². The summed E-state index contributed by atoms with van der Waals surface area (Å²) in [6, 6.07) is 12.4. The SMILES string of the molecule is CCc1ccccc1NC(=O)N[C@@H]1CC(=O)N(c2ccc(OC)c(OC)c2)C1. The monoisotopic (exact) mass is 383 g/mol. The molecular weight excluding hydrogens is 358 g/mol. The van der Waals surface area contributed by atoms with Crippen LogP contribution in [0.2, 0.25) is 0 Å². The highest BCUT2D eigenvalue weighted by Gasteiger charge is 2.32. The topological polar surface area (TPSA) is 79.9 Å². The van der Waals surface area contributed by atoms with Gasteiger partial charge < -0.3 is 25.0 Å². The highest BCUT2D eigenvalue weighted by Crippen LogP contribution is 2.33. The van der Waals surface area contributed by atoms with Crippen molar-refractivity contribution in [3.63, 3.8) is 0 Å². The predicted octanol–water partition coefficient (Wildman–Crippen LogP) is 3.19. The van der Waals surface area contributed by atoms with Gasteiger partial charge in [-0.25, -0.2) is 4.79 Å². The van der Waals surface area contributed by atoms with Crippen LogP contribution in [0.1, 0.15) is 18.9 Å². The number of ether oxygens (including phenoxy) is 2. The summed E-state index contributed by atoms with van der Waals surface area (Å²) in [5.41, 5.74) is 2.55. The van der Waals surface area contributed by atoms with Crippen LogP contribution < -0.4 is 25.0 Å². The summed E-state index contributed by atoms with van der Waals surface area (Å²) in [6.07, 6.45) is 1.07. The molecule has 2 N–H and O–H groups in total. The molecule has 1 atom stereocenters. The molecule has 148 valence electrons. The van der Waals surface area contributed by atoms with E-state index >= 15 is 0 Å². The van der Waals surface area contributed by atoms with Crippen molar-refractivity contribution in [2.75, 3.05) is 31.0 Å². The van der Waals surface area contributed by atoms with Crippen molar-refractivity contribution >= 4 is 23.3 Å². The molecule has 0 bridgehead atoms. The van der Waals surface area contributed by atoms with Crippen LogP contribution in [0.5, 0.6) is 11.5 Å². The van der Waals surface area contributed by atoms with Gasteiger partial charge in [0.2, 0.25) is 5.91 Å². The van der Waals surface area contributed by atoms with Gasteiger partial charge in [0.05, 0.1) is 20.3 Å². The summed E-state index contributed by atoms with van der Waals surface area (Å²) >= 11 is 0. The molecule has 1 heterocycles. The average Bonchev–Trinajstić information content (AvgIpc) is 3.07. The number of nitrogens with one attached hydrogen (secondary N) is 2. The Hall–Kier alpha value is -3.22. The first-order valence-corrected chi connectivity index (χ1v) is 9.23. The Morgan fingerprint density at radius 3 is 2.61 bits per heavy atom. The molecule has 3 amide bonds. The van der Waals surface area contributed by atoms with Gasteiger partial charge in [-0.15, -0.1) is 0 Å². The highest BCUT2D eigenvalue weighted by molar-refractivity contribution is 5.98. The summed E-state index contributed by atoms with van der Waals surface area (Å²) in [5.74, 6) is 1.10. The normalized spacial score (nSPS) is 16.0. The number of aryl methyl sites for hydroxylation is 1. The summed E-state index contributed by atoms with van der Waals surface area (Å²) in [5, 5.41) is 5.77. The minimum absolute atomic E-state index is 0.0496. The lowest BCUT2D eigenvalue weighted by Crippen LogP contribution is -2.39. The second kappa shape index (κ2) is 8.65. The third-order valence-corrected chi connectivity index (χ3v) is 4.79. The minimum atomic E-state index is -0.312. The Morgan fingerprint density at radius 1 is 1.14 bits per heavy atom. The fourth-order valence-corrected chi connectivity index (χ4v) is 3.34. The number of nitrogens with zero attached hydrogens (tertiary/aromatic N) is 1. The van der Waals surface area contributed by atoms with Gasteiger partial charge in [-0.3, -0.25) is 4.79 Å². The zero-order valence-corrected chi connectivity index (χ0v) is 16.3. The summed E-state index contributed by atoms with van der Waals surface area (Å²) in [4.78, 5) is 26.5. The van der Waals surface area contributed by atoms with Crippen LogP contribution in [0.15, 0.2) is 42.5 Å². The second-order valence-electron chi connectivity index (χ2n) is 6.55. The average molecular weight is 383 g/mol. The zero-order valence-electron chi connectivity index (χ0n) is 16.3. The van der Waals surface area contributed by atoms with Crippen LogP contribution in [0.3, 0.4) is 0 Å². The molecule has 28 heavy (non-hydrogen) atoms. The number of hydrogen-bond donors (Lipinski definition) is 2. The van der Waals surface area contributed by atoms with Crippen molar-refractivity contribution in [1.82, 2.24) is 5.32 Å². The molecular formula is C21H25N3O4. The van der Waals surface area contributed by atoms with E-state index in [2.05, 4.69) is 10.6 Å². The summed E-state index contributed by atoms with van der Waals surface area (Å²) < 4.78 is 10.5. The quantitative estimate of drug-likeness (QED) is 0.803. The Balaban J connectivity index is 1.65. The lowest BCUT2D eigenvalue weighted by Gasteiger charge is -2.19. The Morgan fingerprint density at radius 2 is 1.89 bits per heavy atom. The number of para-hydroxylation sites is 1. The van der Waals surface area contributed by atoms with Crippen molar-refractivity contribution < 1.29 is 19.1 Å². The van der Waals surface area contributed by atoms with Gasteiger partial charge in [-0.1, -0.05) is 25.1 Å². The van der Waals surface area contributed by atoms with Crippen molar-refractivity contribution in [3.05, 3.63) is 48.0 Å². The van der Waals surface area contributed by atoms with Gasteiger partial charge in [0.25, 0.3) is 0 Å². The molecule has 0 radical (unpaired) electrons. The molecule has 1 fully saturated rings. The number of rotatable bonds is 6. The van der Waals surface area contributed by atoms with Gasteiger partial charge in [0.1, 0.15) is 0 Å². The predicted molar refractivity (Wildman–Crippen MR) is 108 cm³/mol. The van der Waals surface area contributed by atoms with E-state index in [1.165, 1.54) is 0 Å². The molecule has 0 aromatic heterocycles. The molecule has 1 aliphatic rings. The molecule has 2 aromatic carbocycles. The van der Waals surface area contributed by atoms with Gasteiger partial charge in [0.15, 0.2) is 11.5 Å². The number of anilines is 2. The smallest absolute Gasteiger partial charge is 0.319 e. The number of benzene rings is 2. The fraction of sp³-hybridized carbons (Fsp3) is 0.333. The van der Waals surface area contributed by atoms with Gasteiger partial charge in [0, 0.05) is 30.4 Å². The van der Waals surface area contributed by atoms with Crippen molar-refractivity contribution in [1.29, 1.82) is 0 Å².